The monoisotopic (exact) mass is 330 g/mol. The molecular weight excluding hydrogens is 312 g/mol. The molecule has 1 spiro atoms. The van der Waals surface area contributed by atoms with Crippen LogP contribution in [0.3, 0.4) is 0 Å². The summed E-state index contributed by atoms with van der Waals surface area (Å²) < 4.78 is 6.07. The van der Waals surface area contributed by atoms with E-state index in [2.05, 4.69) is 15.3 Å². The predicted octanol–water partition coefficient (Wildman–Crippen LogP) is 2.02. The van der Waals surface area contributed by atoms with Crippen molar-refractivity contribution in [2.24, 2.45) is 0 Å². The van der Waals surface area contributed by atoms with Crippen LogP contribution in [0.15, 0.2) is 35.3 Å². The first-order valence-electron chi connectivity index (χ1n) is 7.73. The number of thiophene rings is 1. The molecule has 7 heteroatoms. The van der Waals surface area contributed by atoms with E-state index >= 15 is 0 Å². The van der Waals surface area contributed by atoms with E-state index in [0.29, 0.717) is 19.1 Å². The van der Waals surface area contributed by atoms with Gasteiger partial charge in [0.05, 0.1) is 30.4 Å². The van der Waals surface area contributed by atoms with Crippen LogP contribution in [0.2, 0.25) is 0 Å². The normalized spacial score (nSPS) is 26.8. The van der Waals surface area contributed by atoms with Crippen LogP contribution in [0.4, 0.5) is 5.95 Å². The van der Waals surface area contributed by atoms with E-state index in [1.165, 1.54) is 0 Å². The number of anilines is 1. The minimum Gasteiger partial charge on any atom is -0.371 e. The van der Waals surface area contributed by atoms with E-state index in [9.17, 15) is 4.79 Å². The Hall–Kier alpha value is -1.99. The summed E-state index contributed by atoms with van der Waals surface area (Å²) in [5, 5.41) is 7.15. The second-order valence-electron chi connectivity index (χ2n) is 6.10. The summed E-state index contributed by atoms with van der Waals surface area (Å²) in [4.78, 5) is 22.8. The van der Waals surface area contributed by atoms with Crippen molar-refractivity contribution >= 4 is 23.2 Å². The van der Waals surface area contributed by atoms with Crippen molar-refractivity contribution in [2.45, 2.75) is 24.5 Å². The van der Waals surface area contributed by atoms with Crippen LogP contribution in [-0.4, -0.2) is 52.1 Å². The van der Waals surface area contributed by atoms with Crippen LogP contribution < -0.4 is 5.32 Å². The van der Waals surface area contributed by atoms with Gasteiger partial charge in [-0.3, -0.25) is 4.79 Å². The lowest BCUT2D eigenvalue weighted by Crippen LogP contribution is -2.36. The minimum atomic E-state index is -0.224. The Kier molecular flexibility index (Phi) is 3.74. The first kappa shape index (κ1) is 14.6. The maximum Gasteiger partial charge on any atom is 0.254 e. The Morgan fingerprint density at radius 1 is 1.43 bits per heavy atom. The molecule has 2 aromatic heterocycles. The van der Waals surface area contributed by atoms with Gasteiger partial charge in [-0.05, 0) is 23.9 Å². The van der Waals surface area contributed by atoms with E-state index < -0.39 is 0 Å². The van der Waals surface area contributed by atoms with Gasteiger partial charge in [-0.25, -0.2) is 9.97 Å². The Labute approximate surface area is 138 Å². The smallest absolute Gasteiger partial charge is 0.254 e. The fourth-order valence-electron chi connectivity index (χ4n) is 3.36. The summed E-state index contributed by atoms with van der Waals surface area (Å²) >= 11 is 1.55. The van der Waals surface area contributed by atoms with Gasteiger partial charge in [-0.1, -0.05) is 0 Å². The molecule has 4 heterocycles. The molecule has 2 saturated heterocycles. The highest BCUT2D eigenvalue weighted by molar-refractivity contribution is 7.08. The van der Waals surface area contributed by atoms with Gasteiger partial charge in [0, 0.05) is 30.7 Å². The number of nitrogens with one attached hydrogen (secondary N) is 1. The highest BCUT2D eigenvalue weighted by atomic mass is 32.1. The van der Waals surface area contributed by atoms with Crippen LogP contribution in [-0.2, 0) is 4.74 Å². The summed E-state index contributed by atoms with van der Waals surface area (Å²) in [5.41, 5.74) is 0.551. The fraction of sp³-hybridized carbons (Fsp3) is 0.438. The Morgan fingerprint density at radius 2 is 2.30 bits per heavy atom. The fourth-order valence-corrected chi connectivity index (χ4v) is 3.99. The molecule has 23 heavy (non-hydrogen) atoms. The SMILES string of the molecule is O=C(c1ccsc1)N1CCC2(CC(Nc3ncccn3)CO2)C1. The molecule has 6 nitrogen and oxygen atoms in total. The van der Waals surface area contributed by atoms with Crippen molar-refractivity contribution < 1.29 is 9.53 Å². The van der Waals surface area contributed by atoms with Gasteiger partial charge in [0.1, 0.15) is 0 Å². The zero-order chi connectivity index (χ0) is 15.7. The Bertz CT molecular complexity index is 679. The van der Waals surface area contributed by atoms with Gasteiger partial charge in [0.25, 0.3) is 5.91 Å². The first-order chi connectivity index (χ1) is 11.2. The van der Waals surface area contributed by atoms with Gasteiger partial charge in [-0.2, -0.15) is 11.3 Å². The molecule has 1 N–H and O–H groups in total. The van der Waals surface area contributed by atoms with Gasteiger partial charge >= 0.3 is 0 Å². The van der Waals surface area contributed by atoms with Gasteiger partial charge in [0.2, 0.25) is 5.95 Å². The van der Waals surface area contributed by atoms with Crippen molar-refractivity contribution in [3.05, 3.63) is 40.8 Å². The van der Waals surface area contributed by atoms with Gasteiger partial charge < -0.3 is 15.0 Å². The van der Waals surface area contributed by atoms with Crippen molar-refractivity contribution in [1.82, 2.24) is 14.9 Å². The third kappa shape index (κ3) is 2.94. The first-order valence-corrected chi connectivity index (χ1v) is 8.67. The average Bonchev–Trinajstić information content (AvgIpc) is 3.31. The topological polar surface area (TPSA) is 67.4 Å². The maximum atomic E-state index is 12.5. The molecule has 2 aromatic rings. The largest absolute Gasteiger partial charge is 0.371 e. The molecule has 120 valence electrons. The quantitative estimate of drug-likeness (QED) is 0.932. The number of aromatic nitrogens is 2. The molecule has 2 aliphatic rings. The summed E-state index contributed by atoms with van der Waals surface area (Å²) in [7, 11) is 0. The lowest BCUT2D eigenvalue weighted by Gasteiger charge is -2.23. The van der Waals surface area contributed by atoms with E-state index in [0.717, 1.165) is 24.9 Å². The molecule has 0 radical (unpaired) electrons. The number of ether oxygens (including phenoxy) is 1. The number of likely N-dealkylation sites (tertiary alicyclic amines) is 1. The van der Waals surface area contributed by atoms with Gasteiger partial charge in [0.15, 0.2) is 0 Å². The number of amides is 1. The van der Waals surface area contributed by atoms with Crippen LogP contribution >= 0.6 is 11.3 Å². The van der Waals surface area contributed by atoms with Crippen molar-refractivity contribution in [2.75, 3.05) is 25.0 Å². The summed E-state index contributed by atoms with van der Waals surface area (Å²) in [6, 6.07) is 3.86. The van der Waals surface area contributed by atoms with Crippen LogP contribution in [0.25, 0.3) is 0 Å². The summed E-state index contributed by atoms with van der Waals surface area (Å²) in [5.74, 6) is 0.733. The summed E-state index contributed by atoms with van der Waals surface area (Å²) in [6.07, 6.45) is 5.20. The molecule has 0 aliphatic carbocycles. The molecule has 0 aromatic carbocycles. The molecular formula is C16H18N4O2S. The molecule has 2 aliphatic heterocycles. The predicted molar refractivity (Wildman–Crippen MR) is 87.6 cm³/mol. The van der Waals surface area contributed by atoms with Crippen molar-refractivity contribution in [3.8, 4) is 0 Å². The highest BCUT2D eigenvalue weighted by Crippen LogP contribution is 2.36. The molecule has 0 saturated carbocycles. The molecule has 2 unspecified atom stereocenters. The third-order valence-electron chi connectivity index (χ3n) is 4.48. The Balaban J connectivity index is 1.38. The number of rotatable bonds is 3. The third-order valence-corrected chi connectivity index (χ3v) is 5.16. The van der Waals surface area contributed by atoms with Crippen LogP contribution in [0.1, 0.15) is 23.2 Å². The second kappa shape index (κ2) is 5.90. The summed E-state index contributed by atoms with van der Waals surface area (Å²) in [6.45, 7) is 2.04. The van der Waals surface area contributed by atoms with Crippen molar-refractivity contribution in [3.63, 3.8) is 0 Å². The number of hydrogen-bond acceptors (Lipinski definition) is 6. The molecule has 1 amide bonds. The number of carbonyl (C=O) groups excluding carboxylic acids is 1. The van der Waals surface area contributed by atoms with E-state index in [1.807, 2.05) is 21.7 Å². The van der Waals surface area contributed by atoms with Gasteiger partial charge in [-0.15, -0.1) is 0 Å². The van der Waals surface area contributed by atoms with Crippen LogP contribution in [0, 0.1) is 0 Å². The number of hydrogen-bond donors (Lipinski definition) is 1. The van der Waals surface area contributed by atoms with E-state index in [-0.39, 0.29) is 17.6 Å². The Morgan fingerprint density at radius 3 is 3.09 bits per heavy atom. The lowest BCUT2D eigenvalue weighted by molar-refractivity contribution is 0.0125. The highest BCUT2D eigenvalue weighted by Gasteiger charge is 2.47. The van der Waals surface area contributed by atoms with Crippen LogP contribution in [0.5, 0.6) is 0 Å². The zero-order valence-corrected chi connectivity index (χ0v) is 13.5. The second-order valence-corrected chi connectivity index (χ2v) is 6.88. The average molecular weight is 330 g/mol. The molecule has 4 rings (SSSR count). The molecule has 2 atom stereocenters. The number of nitrogens with zero attached hydrogens (tertiary/aromatic N) is 3. The lowest BCUT2D eigenvalue weighted by atomic mass is 9.97. The van der Waals surface area contributed by atoms with E-state index in [1.54, 1.807) is 29.8 Å². The maximum absolute atomic E-state index is 12.5. The van der Waals surface area contributed by atoms with Crippen molar-refractivity contribution in [1.29, 1.82) is 0 Å². The number of carbonyl (C=O) groups is 1. The molecule has 2 fully saturated rings. The van der Waals surface area contributed by atoms with E-state index in [4.69, 9.17) is 4.74 Å². The molecule has 0 bridgehead atoms. The standard InChI is InChI=1S/C16H18N4O2S/c21-14(12-2-7-23-10-12)20-6-3-16(11-20)8-13(9-22-16)19-15-17-4-1-5-18-15/h1-2,4-5,7,10,13H,3,6,8-9,11H2,(H,17,18,19). The minimum absolute atomic E-state index is 0.106. The zero-order valence-electron chi connectivity index (χ0n) is 12.6.